The molecule has 0 radical (unpaired) electrons. The van der Waals surface area contributed by atoms with E-state index in [1.165, 1.54) is 0 Å². The van der Waals surface area contributed by atoms with E-state index in [0.717, 1.165) is 6.54 Å². The van der Waals surface area contributed by atoms with Crippen LogP contribution in [0.5, 0.6) is 0 Å². The zero-order chi connectivity index (χ0) is 5.86. The maximum Gasteiger partial charge on any atom is 0.122 e. The van der Waals surface area contributed by atoms with Crippen molar-refractivity contribution in [3.8, 4) is 0 Å². The first kappa shape index (κ1) is 4.13. The van der Waals surface area contributed by atoms with E-state index < -0.39 is 0 Å². The molecule has 0 saturated carbocycles. The highest BCUT2D eigenvalue weighted by Gasteiger charge is 1.82. The molecular weight excluding hydrogens is 74.1 g/mol. The van der Waals surface area contributed by atoms with Crippen molar-refractivity contribution in [1.82, 2.24) is 5.31 Å². The van der Waals surface area contributed by atoms with E-state index in [1.54, 1.807) is 5.31 Å². The van der Waals surface area contributed by atoms with Gasteiger partial charge in [-0.15, -0.1) is 0 Å². The second-order valence-corrected chi connectivity index (χ2v) is 1.59. The standard InChI is InChI=1S/C5H13N/c1-4-6-5(2)3/h5-6H,4H2,1-3H3/i/hD. The summed E-state index contributed by atoms with van der Waals surface area (Å²) in [6, 6.07) is 0.366. The zero-order valence-electron chi connectivity index (χ0n) is 5.73. The summed E-state index contributed by atoms with van der Waals surface area (Å²) >= 11 is 0. The molecular formula is C5H13N. The van der Waals surface area contributed by atoms with Gasteiger partial charge < -0.3 is 5.31 Å². The predicted octanol–water partition coefficient (Wildman–Crippen LogP) is 1.00. The highest BCUT2D eigenvalue weighted by atomic mass is 14.9. The largest absolute Gasteiger partial charge is 0.315 e. The summed E-state index contributed by atoms with van der Waals surface area (Å²) in [4.78, 5) is 0. The summed E-state index contributed by atoms with van der Waals surface area (Å²) < 4.78 is 7.11. The third-order valence-electron chi connectivity index (χ3n) is 0.548. The molecule has 0 rings (SSSR count). The molecule has 0 heterocycles. The predicted molar refractivity (Wildman–Crippen MR) is 28.8 cm³/mol. The summed E-state index contributed by atoms with van der Waals surface area (Å²) in [6.45, 7) is 6.82. The highest BCUT2D eigenvalue weighted by molar-refractivity contribution is 4.46. The Hall–Kier alpha value is -0.0400. The summed E-state index contributed by atoms with van der Waals surface area (Å²) in [5.74, 6) is 0. The fraction of sp³-hybridized carbons (Fsp3) is 1.00. The maximum atomic E-state index is 7.11. The van der Waals surface area contributed by atoms with Gasteiger partial charge in [-0.2, -0.15) is 0 Å². The van der Waals surface area contributed by atoms with Crippen molar-refractivity contribution in [3.63, 3.8) is 0 Å². The Balaban J connectivity index is 3.14. The second kappa shape index (κ2) is 3.16. The van der Waals surface area contributed by atoms with Gasteiger partial charge in [-0.05, 0) is 6.54 Å². The number of rotatable bonds is 2. The quantitative estimate of drug-likeness (QED) is 0.531. The van der Waals surface area contributed by atoms with Crippen LogP contribution in [0.25, 0.3) is 0 Å². The smallest absolute Gasteiger partial charge is 0.122 e. The lowest BCUT2D eigenvalue weighted by Gasteiger charge is -2.00. The van der Waals surface area contributed by atoms with Crippen LogP contribution in [0.15, 0.2) is 0 Å². The van der Waals surface area contributed by atoms with Gasteiger partial charge in [0.15, 0.2) is 0 Å². The topological polar surface area (TPSA) is 12.0 Å². The van der Waals surface area contributed by atoms with Gasteiger partial charge in [0.2, 0.25) is 0 Å². The second-order valence-electron chi connectivity index (χ2n) is 1.59. The van der Waals surface area contributed by atoms with Gasteiger partial charge in [-0.3, -0.25) is 0 Å². The molecule has 0 aromatic carbocycles. The monoisotopic (exact) mass is 88.1 g/mol. The minimum Gasteiger partial charge on any atom is -0.315 e. The fourth-order valence-corrected chi connectivity index (χ4v) is 0.365. The van der Waals surface area contributed by atoms with Crippen molar-refractivity contribution in [2.45, 2.75) is 26.8 Å². The molecule has 1 nitrogen and oxygen atoms in total. The molecule has 0 unspecified atom stereocenters. The third kappa shape index (κ3) is 3.96. The molecule has 0 aliphatic heterocycles. The maximum absolute atomic E-state index is 7.11. The van der Waals surface area contributed by atoms with Gasteiger partial charge in [0.1, 0.15) is 1.41 Å². The minimum atomic E-state index is 0.366. The Labute approximate surface area is 41.2 Å². The fourth-order valence-electron chi connectivity index (χ4n) is 0.365. The first-order chi connectivity index (χ1) is 3.18. The summed E-state index contributed by atoms with van der Waals surface area (Å²) in [5.41, 5.74) is 0. The molecule has 0 amide bonds. The minimum absolute atomic E-state index is 0.366. The van der Waals surface area contributed by atoms with Crippen LogP contribution in [0.1, 0.15) is 20.8 Å². The Morgan fingerprint density at radius 1 is 1.83 bits per heavy atom. The Morgan fingerprint density at radius 2 is 2.33 bits per heavy atom. The molecule has 1 N–H and O–H groups in total. The van der Waals surface area contributed by atoms with E-state index >= 15 is 0 Å². The van der Waals surface area contributed by atoms with Crippen LogP contribution in [0.3, 0.4) is 0 Å². The van der Waals surface area contributed by atoms with Crippen LogP contribution in [-0.2, 0) is 0 Å². The average Bonchev–Trinajstić information content (AvgIpc) is 1.65. The third-order valence-corrected chi connectivity index (χ3v) is 0.548. The van der Waals surface area contributed by atoms with Crippen LogP contribution in [0.4, 0.5) is 0 Å². The Bertz CT molecular complexity index is 45.3. The lowest BCUT2D eigenvalue weighted by molar-refractivity contribution is 0.613. The van der Waals surface area contributed by atoms with Crippen LogP contribution in [0.2, 0.25) is 1.41 Å². The lowest BCUT2D eigenvalue weighted by Crippen LogP contribution is -2.21. The van der Waals surface area contributed by atoms with Crippen molar-refractivity contribution in [2.75, 3.05) is 6.54 Å². The Kier molecular flexibility index (Phi) is 2.18. The van der Waals surface area contributed by atoms with Gasteiger partial charge >= 0.3 is 0 Å². The molecule has 0 fully saturated rings. The molecule has 38 valence electrons. The van der Waals surface area contributed by atoms with Crippen molar-refractivity contribution in [2.24, 2.45) is 0 Å². The van der Waals surface area contributed by atoms with Crippen molar-refractivity contribution in [1.29, 1.82) is 0 Å². The molecule has 0 aromatic rings. The summed E-state index contributed by atoms with van der Waals surface area (Å²) in [7, 11) is 0. The number of nitrogens with one attached hydrogen (secondary N) is 1. The molecule has 0 aliphatic carbocycles. The highest BCUT2D eigenvalue weighted by Crippen LogP contribution is 1.70. The van der Waals surface area contributed by atoms with E-state index in [4.69, 9.17) is 1.41 Å². The molecule has 0 atom stereocenters. The first-order valence-electron chi connectivity index (χ1n) is 2.88. The van der Waals surface area contributed by atoms with E-state index in [1.807, 2.05) is 20.8 Å². The zero-order valence-corrected chi connectivity index (χ0v) is 4.73. The van der Waals surface area contributed by atoms with E-state index in [-0.39, 0.29) is 0 Å². The van der Waals surface area contributed by atoms with E-state index in [9.17, 15) is 0 Å². The molecule has 0 aromatic heterocycles. The van der Waals surface area contributed by atoms with Crippen molar-refractivity contribution >= 4 is 0 Å². The van der Waals surface area contributed by atoms with Gasteiger partial charge in [-0.1, -0.05) is 20.8 Å². The molecule has 6 heavy (non-hydrogen) atoms. The molecule has 0 spiro atoms. The van der Waals surface area contributed by atoms with Crippen LogP contribution >= 0.6 is 0 Å². The van der Waals surface area contributed by atoms with E-state index in [0.29, 0.717) is 6.04 Å². The lowest BCUT2D eigenvalue weighted by atomic mass is 10.4. The van der Waals surface area contributed by atoms with Gasteiger partial charge in [-0.25, -0.2) is 0 Å². The van der Waals surface area contributed by atoms with Crippen LogP contribution in [0, 0.1) is 0 Å². The molecule has 1 heteroatoms. The van der Waals surface area contributed by atoms with Crippen LogP contribution in [-0.4, -0.2) is 12.6 Å². The number of hydrogen-bond donors (Lipinski definition) is 1. The van der Waals surface area contributed by atoms with Crippen LogP contribution < -0.4 is 5.31 Å². The normalized spacial score (nSPS) is 13.2. The SMILES string of the molecule is [2H]N(CC)C(C)C. The molecule has 0 saturated heterocycles. The van der Waals surface area contributed by atoms with Crippen molar-refractivity contribution in [3.05, 3.63) is 0 Å². The first-order valence-corrected chi connectivity index (χ1v) is 2.44. The average molecular weight is 88.2 g/mol. The number of hydrogen-bond acceptors (Lipinski definition) is 1. The van der Waals surface area contributed by atoms with E-state index in [2.05, 4.69) is 0 Å². The summed E-state index contributed by atoms with van der Waals surface area (Å²) in [6.07, 6.45) is 0. The van der Waals surface area contributed by atoms with Gasteiger partial charge in [0.25, 0.3) is 0 Å². The molecule has 0 bridgehead atoms. The molecule has 0 aliphatic rings. The summed E-state index contributed by atoms with van der Waals surface area (Å²) in [5, 5.41) is 1.54. The van der Waals surface area contributed by atoms with Gasteiger partial charge in [0.05, 0.1) is 0 Å². The van der Waals surface area contributed by atoms with Gasteiger partial charge in [0, 0.05) is 6.04 Å². The van der Waals surface area contributed by atoms with Crippen molar-refractivity contribution < 1.29 is 1.41 Å². The Morgan fingerprint density at radius 3 is 2.33 bits per heavy atom.